The average molecular weight is 406 g/mol. The Bertz CT molecular complexity index is 692. The number of nitrogens with zero attached hydrogens (tertiary/aromatic N) is 1. The summed E-state index contributed by atoms with van der Waals surface area (Å²) in [6.45, 7) is 4.53. The van der Waals surface area contributed by atoms with Crippen LogP contribution in [0.4, 0.5) is 0 Å². The van der Waals surface area contributed by atoms with E-state index < -0.39 is 0 Å². The molecular weight excluding hydrogens is 362 g/mol. The number of hydrogen-bond acceptors (Lipinski definition) is 1. The summed E-state index contributed by atoms with van der Waals surface area (Å²) in [7, 11) is 0. The fourth-order valence-corrected chi connectivity index (χ4v) is 5.13. The van der Waals surface area contributed by atoms with Crippen molar-refractivity contribution < 1.29 is 0 Å². The molecule has 0 unspecified atom stereocenters. The third kappa shape index (κ3) is 7.56. The van der Waals surface area contributed by atoms with Crippen molar-refractivity contribution in [2.45, 2.75) is 104 Å². The van der Waals surface area contributed by atoms with Crippen LogP contribution >= 0.6 is 0 Å². The molecule has 3 rings (SSSR count). The topological polar surface area (TPSA) is 12.9 Å². The zero-order valence-electron chi connectivity index (χ0n) is 19.5. The van der Waals surface area contributed by atoms with Gasteiger partial charge in [-0.05, 0) is 48.3 Å². The highest BCUT2D eigenvalue weighted by atomic mass is 14.7. The van der Waals surface area contributed by atoms with Gasteiger partial charge in [-0.2, -0.15) is 0 Å². The fourth-order valence-electron chi connectivity index (χ4n) is 5.13. The molecule has 0 N–H and O–H groups in total. The Labute approximate surface area is 185 Å². The summed E-state index contributed by atoms with van der Waals surface area (Å²) < 4.78 is 0. The van der Waals surface area contributed by atoms with Gasteiger partial charge in [0, 0.05) is 11.8 Å². The SMILES string of the molecule is CCCCCC1CCC(CCCCc2ccc(-c3ccc(CCC)cn3)cc2)CC1. The third-order valence-electron chi connectivity index (χ3n) is 7.12. The van der Waals surface area contributed by atoms with Gasteiger partial charge < -0.3 is 0 Å². The minimum atomic E-state index is 1.01. The van der Waals surface area contributed by atoms with Crippen LogP contribution in [0, 0.1) is 11.8 Å². The average Bonchev–Trinajstić information content (AvgIpc) is 2.79. The molecule has 0 aliphatic heterocycles. The summed E-state index contributed by atoms with van der Waals surface area (Å²) in [4.78, 5) is 4.65. The molecule has 30 heavy (non-hydrogen) atoms. The second-order valence-corrected chi connectivity index (χ2v) is 9.63. The summed E-state index contributed by atoms with van der Waals surface area (Å²) in [5, 5.41) is 0. The Morgan fingerprint density at radius 1 is 0.667 bits per heavy atom. The van der Waals surface area contributed by atoms with E-state index in [-0.39, 0.29) is 0 Å². The summed E-state index contributed by atoms with van der Waals surface area (Å²) in [5.41, 5.74) is 5.13. The lowest BCUT2D eigenvalue weighted by atomic mass is 9.78. The molecule has 1 saturated carbocycles. The number of pyridine rings is 1. The van der Waals surface area contributed by atoms with Crippen molar-refractivity contribution >= 4 is 0 Å². The molecule has 1 heteroatoms. The van der Waals surface area contributed by atoms with Crippen LogP contribution in [0.1, 0.15) is 102 Å². The maximum absolute atomic E-state index is 4.65. The molecule has 1 aromatic carbocycles. The van der Waals surface area contributed by atoms with Crippen molar-refractivity contribution in [1.82, 2.24) is 4.98 Å². The molecule has 0 radical (unpaired) electrons. The van der Waals surface area contributed by atoms with Crippen molar-refractivity contribution in [3.05, 3.63) is 53.7 Å². The van der Waals surface area contributed by atoms with Crippen LogP contribution in [0.2, 0.25) is 0 Å². The Hall–Kier alpha value is -1.63. The molecule has 0 spiro atoms. The first kappa shape index (κ1) is 23.0. The van der Waals surface area contributed by atoms with E-state index in [0.717, 1.165) is 24.0 Å². The number of aryl methyl sites for hydroxylation is 2. The van der Waals surface area contributed by atoms with Crippen LogP contribution in [-0.4, -0.2) is 4.98 Å². The number of rotatable bonds is 12. The number of benzene rings is 1. The zero-order valence-corrected chi connectivity index (χ0v) is 19.5. The minimum absolute atomic E-state index is 1.01. The molecule has 0 atom stereocenters. The third-order valence-corrected chi connectivity index (χ3v) is 7.12. The lowest BCUT2D eigenvalue weighted by molar-refractivity contribution is 0.245. The largest absolute Gasteiger partial charge is 0.256 e. The van der Waals surface area contributed by atoms with Crippen LogP contribution in [-0.2, 0) is 12.8 Å². The number of aromatic nitrogens is 1. The summed E-state index contributed by atoms with van der Waals surface area (Å²) in [6, 6.07) is 13.5. The first-order valence-electron chi connectivity index (χ1n) is 12.8. The molecule has 164 valence electrons. The van der Waals surface area contributed by atoms with E-state index in [2.05, 4.69) is 55.2 Å². The molecule has 0 amide bonds. The van der Waals surface area contributed by atoms with Gasteiger partial charge in [0.05, 0.1) is 5.69 Å². The smallest absolute Gasteiger partial charge is 0.0702 e. The molecule has 1 fully saturated rings. The number of unbranched alkanes of at least 4 members (excludes halogenated alkanes) is 3. The van der Waals surface area contributed by atoms with Gasteiger partial charge in [-0.15, -0.1) is 0 Å². The second-order valence-electron chi connectivity index (χ2n) is 9.63. The normalized spacial score (nSPS) is 19.1. The van der Waals surface area contributed by atoms with Gasteiger partial charge in [0.25, 0.3) is 0 Å². The van der Waals surface area contributed by atoms with Crippen LogP contribution < -0.4 is 0 Å². The van der Waals surface area contributed by atoms with E-state index in [4.69, 9.17) is 0 Å². The Balaban J connectivity index is 1.33. The molecule has 0 bridgehead atoms. The molecule has 1 heterocycles. The van der Waals surface area contributed by atoms with Crippen molar-refractivity contribution in [3.8, 4) is 11.3 Å². The van der Waals surface area contributed by atoms with Gasteiger partial charge >= 0.3 is 0 Å². The van der Waals surface area contributed by atoms with Crippen molar-refractivity contribution in [2.75, 3.05) is 0 Å². The highest BCUT2D eigenvalue weighted by molar-refractivity contribution is 5.59. The summed E-state index contributed by atoms with van der Waals surface area (Å²) in [6.07, 6.45) is 21.5. The van der Waals surface area contributed by atoms with E-state index in [9.17, 15) is 0 Å². The molecule has 1 nitrogen and oxygen atoms in total. The van der Waals surface area contributed by atoms with Gasteiger partial charge in [0.2, 0.25) is 0 Å². The van der Waals surface area contributed by atoms with Crippen LogP contribution in [0.3, 0.4) is 0 Å². The Kier molecular flexibility index (Phi) is 9.93. The maximum atomic E-state index is 4.65. The minimum Gasteiger partial charge on any atom is -0.256 e. The first-order chi connectivity index (χ1) is 14.8. The maximum Gasteiger partial charge on any atom is 0.0702 e. The second kappa shape index (κ2) is 12.9. The molecule has 1 aliphatic rings. The van der Waals surface area contributed by atoms with Gasteiger partial charge in [0.15, 0.2) is 0 Å². The van der Waals surface area contributed by atoms with Gasteiger partial charge in [-0.1, -0.05) is 115 Å². The van der Waals surface area contributed by atoms with Crippen LogP contribution in [0.5, 0.6) is 0 Å². The number of hydrogen-bond donors (Lipinski definition) is 0. The highest BCUT2D eigenvalue weighted by Gasteiger charge is 2.20. The zero-order chi connectivity index (χ0) is 21.0. The van der Waals surface area contributed by atoms with Gasteiger partial charge in [0.1, 0.15) is 0 Å². The van der Waals surface area contributed by atoms with Crippen LogP contribution in [0.25, 0.3) is 11.3 Å². The van der Waals surface area contributed by atoms with E-state index >= 15 is 0 Å². The van der Waals surface area contributed by atoms with Crippen molar-refractivity contribution in [2.24, 2.45) is 11.8 Å². The lowest BCUT2D eigenvalue weighted by Gasteiger charge is -2.28. The highest BCUT2D eigenvalue weighted by Crippen LogP contribution is 2.34. The van der Waals surface area contributed by atoms with E-state index in [1.807, 2.05) is 6.20 Å². The predicted molar refractivity (Wildman–Crippen MR) is 131 cm³/mol. The molecular formula is C29H43N. The van der Waals surface area contributed by atoms with Crippen LogP contribution in [0.15, 0.2) is 42.6 Å². The molecule has 1 aromatic heterocycles. The fraction of sp³-hybridized carbons (Fsp3) is 0.621. The first-order valence-corrected chi connectivity index (χ1v) is 12.8. The standard InChI is InChI=1S/C29H43N/c1-3-5-6-10-24-13-15-25(16-14-24)11-7-8-12-26-17-20-28(21-18-26)29-22-19-27(9-4-2)23-30-29/h17-25H,3-16H2,1-2H3. The Morgan fingerprint density at radius 3 is 1.87 bits per heavy atom. The predicted octanol–water partition coefficient (Wildman–Crippen LogP) is 8.80. The van der Waals surface area contributed by atoms with E-state index in [0.29, 0.717) is 0 Å². The van der Waals surface area contributed by atoms with Crippen molar-refractivity contribution in [3.63, 3.8) is 0 Å². The Morgan fingerprint density at radius 2 is 1.30 bits per heavy atom. The lowest BCUT2D eigenvalue weighted by Crippen LogP contribution is -2.14. The summed E-state index contributed by atoms with van der Waals surface area (Å²) >= 11 is 0. The quantitative estimate of drug-likeness (QED) is 0.321. The van der Waals surface area contributed by atoms with Gasteiger partial charge in [-0.25, -0.2) is 0 Å². The molecule has 0 saturated heterocycles. The molecule has 1 aliphatic carbocycles. The van der Waals surface area contributed by atoms with E-state index in [1.54, 1.807) is 0 Å². The summed E-state index contributed by atoms with van der Waals surface area (Å²) in [5.74, 6) is 2.06. The molecule has 2 aromatic rings. The van der Waals surface area contributed by atoms with Crippen molar-refractivity contribution in [1.29, 1.82) is 0 Å². The monoisotopic (exact) mass is 405 g/mol. The van der Waals surface area contributed by atoms with Gasteiger partial charge in [-0.3, -0.25) is 4.98 Å². The van der Waals surface area contributed by atoms with E-state index in [1.165, 1.54) is 100 Å².